The van der Waals surface area contributed by atoms with Crippen molar-refractivity contribution >= 4 is 11.9 Å². The fourth-order valence-corrected chi connectivity index (χ4v) is 9.61. The van der Waals surface area contributed by atoms with Crippen LogP contribution in [-0.2, 0) is 32.2 Å². The lowest BCUT2D eigenvalue weighted by atomic mass is 9.77. The molecule has 0 amide bonds. The third-order valence-corrected chi connectivity index (χ3v) is 11.8. The molecular weight excluding hydrogens is 636 g/mol. The molecule has 2 aromatic carbocycles. The summed E-state index contributed by atoms with van der Waals surface area (Å²) < 4.78 is 12.1. The number of ether oxygens (including phenoxy) is 2. The van der Waals surface area contributed by atoms with Gasteiger partial charge in [-0.05, 0) is 85.8 Å². The highest BCUT2D eigenvalue weighted by Crippen LogP contribution is 2.42. The van der Waals surface area contributed by atoms with Crippen LogP contribution in [0.1, 0.15) is 124 Å². The fraction of sp³-hybridized carbons (Fsp3) is 0.674. The first-order valence-electron chi connectivity index (χ1n) is 19.5. The first-order chi connectivity index (χ1) is 24.0. The van der Waals surface area contributed by atoms with Gasteiger partial charge in [-0.1, -0.05) is 60.7 Å². The molecule has 1 aliphatic carbocycles. The zero-order chi connectivity index (χ0) is 36.9. The summed E-state index contributed by atoms with van der Waals surface area (Å²) in [6.07, 6.45) is 7.04. The quantitative estimate of drug-likeness (QED) is 0.197. The molecule has 2 aliphatic heterocycles. The Morgan fingerprint density at radius 2 is 0.922 bits per heavy atom. The number of nitrogens with zero attached hydrogens (tertiary/aromatic N) is 2. The van der Waals surface area contributed by atoms with E-state index >= 15 is 0 Å². The molecule has 1 saturated carbocycles. The Balaban J connectivity index is 0.965. The van der Waals surface area contributed by atoms with E-state index in [1.165, 1.54) is 11.1 Å². The van der Waals surface area contributed by atoms with Crippen LogP contribution in [0, 0.1) is 0 Å². The van der Waals surface area contributed by atoms with E-state index in [9.17, 15) is 9.59 Å². The van der Waals surface area contributed by atoms with Crippen LogP contribution < -0.4 is 10.6 Å². The Kier molecular flexibility index (Phi) is 12.7. The highest BCUT2D eigenvalue weighted by atomic mass is 16.5. The van der Waals surface area contributed by atoms with Gasteiger partial charge in [-0.25, -0.2) is 0 Å². The Labute approximate surface area is 308 Å². The van der Waals surface area contributed by atoms with Crippen molar-refractivity contribution < 1.29 is 19.1 Å². The number of benzene rings is 2. The van der Waals surface area contributed by atoms with Crippen LogP contribution in [0.4, 0.5) is 0 Å². The second-order valence-corrected chi connectivity index (χ2v) is 18.0. The summed E-state index contributed by atoms with van der Waals surface area (Å²) in [6.45, 7) is 21.2. The van der Waals surface area contributed by atoms with Gasteiger partial charge in [0.25, 0.3) is 0 Å². The van der Waals surface area contributed by atoms with E-state index < -0.39 is 0 Å². The highest BCUT2D eigenvalue weighted by Gasteiger charge is 2.47. The molecule has 2 heterocycles. The molecule has 0 bridgehead atoms. The summed E-state index contributed by atoms with van der Waals surface area (Å²) in [5.41, 5.74) is 2.27. The Morgan fingerprint density at radius 1 is 0.588 bits per heavy atom. The van der Waals surface area contributed by atoms with Crippen molar-refractivity contribution in [3.63, 3.8) is 0 Å². The molecule has 3 fully saturated rings. The fourth-order valence-electron chi connectivity index (χ4n) is 9.61. The van der Waals surface area contributed by atoms with Gasteiger partial charge in [0.1, 0.15) is 12.2 Å². The van der Waals surface area contributed by atoms with Crippen molar-refractivity contribution in [1.82, 2.24) is 20.4 Å². The lowest BCUT2D eigenvalue weighted by molar-refractivity contribution is -0.162. The second-order valence-electron chi connectivity index (χ2n) is 18.0. The van der Waals surface area contributed by atoms with Gasteiger partial charge in [0.05, 0.1) is 12.8 Å². The van der Waals surface area contributed by atoms with Crippen molar-refractivity contribution in [2.24, 2.45) is 0 Å². The van der Waals surface area contributed by atoms with E-state index in [0.717, 1.165) is 58.0 Å². The van der Waals surface area contributed by atoms with E-state index in [2.05, 4.69) is 136 Å². The van der Waals surface area contributed by atoms with Crippen LogP contribution in [0.3, 0.4) is 0 Å². The lowest BCUT2D eigenvalue weighted by Gasteiger charge is -2.55. The maximum atomic E-state index is 12.9. The van der Waals surface area contributed by atoms with Crippen LogP contribution in [-0.4, -0.2) is 81.3 Å². The zero-order valence-corrected chi connectivity index (χ0v) is 32.8. The second kappa shape index (κ2) is 16.5. The molecule has 5 rings (SSSR count). The Hall–Kier alpha value is -2.78. The summed E-state index contributed by atoms with van der Waals surface area (Å²) in [7, 11) is 0. The van der Waals surface area contributed by atoms with Crippen molar-refractivity contribution in [2.45, 2.75) is 173 Å². The van der Waals surface area contributed by atoms with E-state index in [1.54, 1.807) is 0 Å². The maximum absolute atomic E-state index is 12.9. The molecule has 2 unspecified atom stereocenters. The van der Waals surface area contributed by atoms with E-state index in [4.69, 9.17) is 9.47 Å². The standard InChI is InChI=1S/C43H66N4O4/c1-40(2)26-36(27-41(3,4)46(40)30-32-15-11-9-12-16-32)50-38(48)21-23-44-34-19-20-35(25-34)45-24-22-39(49)51-37-28-42(5,6)47(43(7,8)29-37)31-33-17-13-10-14-18-33/h9-18,34-37,44-45H,19-31H2,1-8H3. The van der Waals surface area contributed by atoms with Gasteiger partial charge in [-0.15, -0.1) is 0 Å². The smallest absolute Gasteiger partial charge is 0.307 e. The normalized spacial score (nSPS) is 25.0. The molecule has 2 N–H and O–H groups in total. The van der Waals surface area contributed by atoms with Gasteiger partial charge < -0.3 is 20.1 Å². The maximum Gasteiger partial charge on any atom is 0.307 e. The van der Waals surface area contributed by atoms with Crippen LogP contribution in [0.2, 0.25) is 0 Å². The van der Waals surface area contributed by atoms with Gasteiger partial charge in [-0.2, -0.15) is 0 Å². The van der Waals surface area contributed by atoms with Gasteiger partial charge >= 0.3 is 11.9 Å². The summed E-state index contributed by atoms with van der Waals surface area (Å²) in [4.78, 5) is 31.0. The molecule has 8 nitrogen and oxygen atoms in total. The molecule has 51 heavy (non-hydrogen) atoms. The molecule has 8 heteroatoms. The summed E-state index contributed by atoms with van der Waals surface area (Å²) in [6, 6.07) is 22.0. The van der Waals surface area contributed by atoms with Crippen LogP contribution in [0.15, 0.2) is 60.7 Å². The third-order valence-electron chi connectivity index (χ3n) is 11.8. The Morgan fingerprint density at radius 3 is 1.25 bits per heavy atom. The highest BCUT2D eigenvalue weighted by molar-refractivity contribution is 5.70. The van der Waals surface area contributed by atoms with Gasteiger partial charge in [0, 0.05) is 86.1 Å². The van der Waals surface area contributed by atoms with Crippen LogP contribution >= 0.6 is 0 Å². The predicted molar refractivity (Wildman–Crippen MR) is 205 cm³/mol. The van der Waals surface area contributed by atoms with Gasteiger partial charge in [0.2, 0.25) is 0 Å². The van der Waals surface area contributed by atoms with Crippen LogP contribution in [0.25, 0.3) is 0 Å². The molecule has 2 saturated heterocycles. The topological polar surface area (TPSA) is 83.1 Å². The van der Waals surface area contributed by atoms with Crippen molar-refractivity contribution in [2.75, 3.05) is 13.1 Å². The number of carbonyl (C=O) groups excluding carboxylic acids is 2. The minimum absolute atomic E-state index is 0.0771. The molecule has 0 radical (unpaired) electrons. The van der Waals surface area contributed by atoms with E-state index in [-0.39, 0.29) is 46.3 Å². The number of nitrogens with one attached hydrogen (secondary N) is 2. The van der Waals surface area contributed by atoms with Crippen LogP contribution in [0.5, 0.6) is 0 Å². The number of rotatable bonds is 14. The van der Waals surface area contributed by atoms with E-state index in [1.807, 2.05) is 0 Å². The SMILES string of the molecule is CC1(C)CC(OC(=O)CCNC2CCC(NCCC(=O)OC3CC(C)(C)N(Cc4ccccc4)C(C)(C)C3)C2)CC(C)(C)N1Cc1ccccc1. The number of likely N-dealkylation sites (tertiary alicyclic amines) is 2. The number of esters is 2. The minimum atomic E-state index is -0.115. The molecule has 0 spiro atoms. The zero-order valence-electron chi connectivity index (χ0n) is 32.8. The van der Waals surface area contributed by atoms with Gasteiger partial charge in [0.15, 0.2) is 0 Å². The summed E-state index contributed by atoms with van der Waals surface area (Å²) in [5, 5.41) is 7.18. The Bertz CT molecular complexity index is 1280. The van der Waals surface area contributed by atoms with Crippen molar-refractivity contribution in [1.29, 1.82) is 0 Å². The van der Waals surface area contributed by atoms with E-state index in [0.29, 0.717) is 38.0 Å². The largest absolute Gasteiger partial charge is 0.462 e. The molecule has 2 atom stereocenters. The number of carbonyl (C=O) groups is 2. The van der Waals surface area contributed by atoms with Crippen molar-refractivity contribution in [3.8, 4) is 0 Å². The number of hydrogen-bond acceptors (Lipinski definition) is 8. The monoisotopic (exact) mass is 703 g/mol. The number of hydrogen-bond donors (Lipinski definition) is 2. The first-order valence-corrected chi connectivity index (χ1v) is 19.5. The predicted octanol–water partition coefficient (Wildman–Crippen LogP) is 7.40. The molecule has 282 valence electrons. The lowest BCUT2D eigenvalue weighted by Crippen LogP contribution is -2.61. The number of piperidine rings is 2. The molecule has 0 aromatic heterocycles. The third kappa shape index (κ3) is 10.9. The average molecular weight is 703 g/mol. The average Bonchev–Trinajstić information content (AvgIpc) is 3.48. The molecular formula is C43H66N4O4. The molecule has 2 aromatic rings. The summed E-state index contributed by atoms with van der Waals surface area (Å²) >= 11 is 0. The van der Waals surface area contributed by atoms with Crippen molar-refractivity contribution in [3.05, 3.63) is 71.8 Å². The summed E-state index contributed by atoms with van der Waals surface area (Å²) in [5.74, 6) is -0.231. The van der Waals surface area contributed by atoms with Gasteiger partial charge in [-0.3, -0.25) is 19.4 Å². The minimum Gasteiger partial charge on any atom is -0.462 e. The molecule has 3 aliphatic rings. The first kappa shape index (κ1) is 39.4.